The molecule has 1 aromatic carbocycles. The van der Waals surface area contributed by atoms with Crippen molar-refractivity contribution in [2.75, 3.05) is 25.0 Å². The summed E-state index contributed by atoms with van der Waals surface area (Å²) in [5.41, 5.74) is 0.789. The first-order valence-corrected chi connectivity index (χ1v) is 7.32. The molecular weight excluding hydrogens is 308 g/mol. The number of anilines is 1. The van der Waals surface area contributed by atoms with E-state index in [1.807, 2.05) is 24.3 Å². The Morgan fingerprint density at radius 1 is 1.37 bits per heavy atom. The molecule has 1 rings (SSSR count). The van der Waals surface area contributed by atoms with E-state index in [0.29, 0.717) is 5.92 Å². The molecule has 0 fully saturated rings. The number of rotatable bonds is 8. The topological polar surface area (TPSA) is 61.4 Å². The van der Waals surface area contributed by atoms with Gasteiger partial charge in [-0.15, -0.1) is 0 Å². The van der Waals surface area contributed by atoms with Gasteiger partial charge in [0.15, 0.2) is 0 Å². The number of benzene rings is 1. The van der Waals surface area contributed by atoms with Crippen LogP contribution in [0.2, 0.25) is 0 Å². The van der Waals surface area contributed by atoms with E-state index in [1.54, 1.807) is 0 Å². The third-order valence-corrected chi connectivity index (χ3v) is 3.49. The Bertz CT molecular complexity index is 382. The Labute approximate surface area is 122 Å². The molecule has 19 heavy (non-hydrogen) atoms. The van der Waals surface area contributed by atoms with Crippen molar-refractivity contribution in [3.8, 4) is 0 Å². The highest BCUT2D eigenvalue weighted by atomic mass is 79.9. The van der Waals surface area contributed by atoms with Crippen molar-refractivity contribution in [1.29, 1.82) is 0 Å². The molecule has 0 aliphatic carbocycles. The molecule has 0 heterocycles. The van der Waals surface area contributed by atoms with Gasteiger partial charge in [-0.25, -0.2) is 0 Å². The lowest BCUT2D eigenvalue weighted by atomic mass is 10.0. The van der Waals surface area contributed by atoms with E-state index in [1.165, 1.54) is 0 Å². The standard InChI is InChI=1S/C14H21BrN2O2/c1-2-11(7-8-18)9-16-10-14(19)17-13-5-3-12(15)4-6-13/h3-6,11,16,18H,2,7-10H2,1H3,(H,17,19). The summed E-state index contributed by atoms with van der Waals surface area (Å²) in [6.45, 7) is 3.33. The van der Waals surface area contributed by atoms with E-state index < -0.39 is 0 Å². The van der Waals surface area contributed by atoms with Crippen LogP contribution in [0.5, 0.6) is 0 Å². The molecule has 4 nitrogen and oxygen atoms in total. The highest BCUT2D eigenvalue weighted by molar-refractivity contribution is 9.10. The van der Waals surface area contributed by atoms with Gasteiger partial charge in [0.05, 0.1) is 6.54 Å². The second kappa shape index (κ2) is 9.07. The second-order valence-corrected chi connectivity index (χ2v) is 5.39. The minimum atomic E-state index is -0.0545. The summed E-state index contributed by atoms with van der Waals surface area (Å²) >= 11 is 3.35. The maximum Gasteiger partial charge on any atom is 0.238 e. The molecule has 0 bridgehead atoms. The maximum absolute atomic E-state index is 11.7. The molecule has 1 unspecified atom stereocenters. The molecule has 0 aliphatic heterocycles. The number of aliphatic hydroxyl groups is 1. The Morgan fingerprint density at radius 3 is 2.63 bits per heavy atom. The van der Waals surface area contributed by atoms with Crippen molar-refractivity contribution in [1.82, 2.24) is 5.32 Å². The number of amides is 1. The van der Waals surface area contributed by atoms with Crippen molar-refractivity contribution < 1.29 is 9.90 Å². The van der Waals surface area contributed by atoms with Gasteiger partial charge in [-0.05, 0) is 43.1 Å². The molecular formula is C14H21BrN2O2. The van der Waals surface area contributed by atoms with E-state index >= 15 is 0 Å². The summed E-state index contributed by atoms with van der Waals surface area (Å²) in [7, 11) is 0. The van der Waals surface area contributed by atoms with Crippen molar-refractivity contribution in [3.63, 3.8) is 0 Å². The van der Waals surface area contributed by atoms with Crippen molar-refractivity contribution in [2.24, 2.45) is 5.92 Å². The van der Waals surface area contributed by atoms with Crippen LogP contribution in [0.25, 0.3) is 0 Å². The molecule has 0 aromatic heterocycles. The van der Waals surface area contributed by atoms with Crippen LogP contribution in [0.4, 0.5) is 5.69 Å². The number of hydrogen-bond acceptors (Lipinski definition) is 3. The highest BCUT2D eigenvalue weighted by Gasteiger charge is 2.07. The average Bonchev–Trinajstić information content (AvgIpc) is 2.40. The van der Waals surface area contributed by atoms with Gasteiger partial charge in [0.25, 0.3) is 0 Å². The number of nitrogens with one attached hydrogen (secondary N) is 2. The molecule has 0 saturated heterocycles. The van der Waals surface area contributed by atoms with Gasteiger partial charge in [-0.2, -0.15) is 0 Å². The van der Waals surface area contributed by atoms with Crippen LogP contribution in [0.15, 0.2) is 28.7 Å². The van der Waals surface area contributed by atoms with Crippen LogP contribution in [0.1, 0.15) is 19.8 Å². The molecule has 0 radical (unpaired) electrons. The van der Waals surface area contributed by atoms with Crippen LogP contribution in [-0.4, -0.2) is 30.7 Å². The Hall–Kier alpha value is -0.910. The monoisotopic (exact) mass is 328 g/mol. The summed E-state index contributed by atoms with van der Waals surface area (Å²) in [4.78, 5) is 11.7. The Balaban J connectivity index is 2.26. The van der Waals surface area contributed by atoms with E-state index in [0.717, 1.165) is 29.5 Å². The van der Waals surface area contributed by atoms with Crippen molar-refractivity contribution >= 4 is 27.5 Å². The summed E-state index contributed by atoms with van der Waals surface area (Å²) < 4.78 is 0.985. The minimum Gasteiger partial charge on any atom is -0.396 e. The smallest absolute Gasteiger partial charge is 0.238 e. The van der Waals surface area contributed by atoms with Crippen LogP contribution in [0, 0.1) is 5.92 Å². The first kappa shape index (κ1) is 16.1. The van der Waals surface area contributed by atoms with E-state index in [-0.39, 0.29) is 19.1 Å². The zero-order chi connectivity index (χ0) is 14.1. The molecule has 1 aromatic rings. The first-order valence-electron chi connectivity index (χ1n) is 6.52. The van der Waals surface area contributed by atoms with E-state index in [2.05, 4.69) is 33.5 Å². The lowest BCUT2D eigenvalue weighted by Gasteiger charge is -2.14. The highest BCUT2D eigenvalue weighted by Crippen LogP contribution is 2.13. The lowest BCUT2D eigenvalue weighted by Crippen LogP contribution is -2.32. The van der Waals surface area contributed by atoms with Gasteiger partial charge in [0.2, 0.25) is 5.91 Å². The van der Waals surface area contributed by atoms with Crippen LogP contribution in [-0.2, 0) is 4.79 Å². The van der Waals surface area contributed by atoms with Gasteiger partial charge in [-0.1, -0.05) is 29.3 Å². The number of carbonyl (C=O) groups is 1. The van der Waals surface area contributed by atoms with E-state index in [4.69, 9.17) is 5.11 Å². The fourth-order valence-corrected chi connectivity index (χ4v) is 2.03. The van der Waals surface area contributed by atoms with E-state index in [9.17, 15) is 4.79 Å². The number of carbonyl (C=O) groups excluding carboxylic acids is 1. The minimum absolute atomic E-state index is 0.0545. The average molecular weight is 329 g/mol. The molecule has 1 atom stereocenters. The number of hydrogen-bond donors (Lipinski definition) is 3. The largest absolute Gasteiger partial charge is 0.396 e. The fourth-order valence-electron chi connectivity index (χ4n) is 1.76. The molecule has 106 valence electrons. The molecule has 0 saturated carbocycles. The quantitative estimate of drug-likeness (QED) is 0.686. The third-order valence-electron chi connectivity index (χ3n) is 2.96. The third kappa shape index (κ3) is 6.71. The molecule has 0 spiro atoms. The number of aliphatic hydroxyl groups excluding tert-OH is 1. The maximum atomic E-state index is 11.7. The SMILES string of the molecule is CCC(CCO)CNCC(=O)Nc1ccc(Br)cc1. The molecule has 5 heteroatoms. The fraction of sp³-hybridized carbons (Fsp3) is 0.500. The summed E-state index contributed by atoms with van der Waals surface area (Å²) in [6, 6.07) is 7.47. The first-order chi connectivity index (χ1) is 9.15. The van der Waals surface area contributed by atoms with Crippen LogP contribution in [0.3, 0.4) is 0 Å². The second-order valence-electron chi connectivity index (χ2n) is 4.47. The molecule has 3 N–H and O–H groups in total. The zero-order valence-corrected chi connectivity index (χ0v) is 12.7. The van der Waals surface area contributed by atoms with Crippen molar-refractivity contribution in [2.45, 2.75) is 19.8 Å². The van der Waals surface area contributed by atoms with Gasteiger partial charge in [0.1, 0.15) is 0 Å². The molecule has 0 aliphatic rings. The predicted molar refractivity (Wildman–Crippen MR) is 81.1 cm³/mol. The van der Waals surface area contributed by atoms with Gasteiger partial charge >= 0.3 is 0 Å². The summed E-state index contributed by atoms with van der Waals surface area (Å²) in [6.07, 6.45) is 1.78. The van der Waals surface area contributed by atoms with Crippen LogP contribution >= 0.6 is 15.9 Å². The Morgan fingerprint density at radius 2 is 2.05 bits per heavy atom. The molecule has 1 amide bonds. The Kier molecular flexibility index (Phi) is 7.70. The van der Waals surface area contributed by atoms with Gasteiger partial charge in [0, 0.05) is 16.8 Å². The van der Waals surface area contributed by atoms with Crippen LogP contribution < -0.4 is 10.6 Å². The predicted octanol–water partition coefficient (Wildman–Crippen LogP) is 2.39. The normalized spacial score (nSPS) is 12.2. The lowest BCUT2D eigenvalue weighted by molar-refractivity contribution is -0.115. The summed E-state index contributed by atoms with van der Waals surface area (Å²) in [5.74, 6) is 0.367. The summed E-state index contributed by atoms with van der Waals surface area (Å²) in [5, 5.41) is 14.8. The van der Waals surface area contributed by atoms with Gasteiger partial charge < -0.3 is 15.7 Å². The van der Waals surface area contributed by atoms with Gasteiger partial charge in [-0.3, -0.25) is 4.79 Å². The number of halogens is 1. The zero-order valence-electron chi connectivity index (χ0n) is 11.2. The van der Waals surface area contributed by atoms with Crippen molar-refractivity contribution in [3.05, 3.63) is 28.7 Å².